The summed E-state index contributed by atoms with van der Waals surface area (Å²) in [5, 5.41) is 4.50. The lowest BCUT2D eigenvalue weighted by atomic mass is 10.1. The lowest BCUT2D eigenvalue weighted by Gasteiger charge is -2.12. The zero-order valence-electron chi connectivity index (χ0n) is 11.3. The number of fused-ring (bicyclic) bond motifs is 1. The number of aromatic nitrogens is 1. The first-order valence-corrected chi connectivity index (χ1v) is 6.76. The molecule has 0 bridgehead atoms. The van der Waals surface area contributed by atoms with Gasteiger partial charge in [0.1, 0.15) is 0 Å². The van der Waals surface area contributed by atoms with Gasteiger partial charge in [0, 0.05) is 35.9 Å². The Labute approximate surface area is 112 Å². The van der Waals surface area contributed by atoms with Crippen LogP contribution >= 0.6 is 0 Å². The summed E-state index contributed by atoms with van der Waals surface area (Å²) < 4.78 is 1.66. The van der Waals surface area contributed by atoms with Crippen molar-refractivity contribution in [1.29, 1.82) is 0 Å². The van der Waals surface area contributed by atoms with E-state index in [9.17, 15) is 4.79 Å². The molecule has 100 valence electrons. The van der Waals surface area contributed by atoms with Gasteiger partial charge in [-0.2, -0.15) is 0 Å². The summed E-state index contributed by atoms with van der Waals surface area (Å²) in [4.78, 5) is 12.0. The highest BCUT2D eigenvalue weighted by atomic mass is 16.1. The van der Waals surface area contributed by atoms with Crippen molar-refractivity contribution in [3.8, 4) is 0 Å². The summed E-state index contributed by atoms with van der Waals surface area (Å²) in [6.07, 6.45) is 2.37. The van der Waals surface area contributed by atoms with E-state index in [1.165, 1.54) is 12.8 Å². The molecule has 1 aromatic heterocycles. The van der Waals surface area contributed by atoms with E-state index in [0.717, 1.165) is 28.2 Å². The predicted octanol–water partition coefficient (Wildman–Crippen LogP) is 2.33. The molecule has 1 aliphatic carbocycles. The molecule has 3 N–H and O–H groups in total. The Bertz CT molecular complexity index is 690. The minimum atomic E-state index is 0.00784. The quantitative estimate of drug-likeness (QED) is 0.830. The van der Waals surface area contributed by atoms with Crippen LogP contribution in [-0.4, -0.2) is 10.6 Å². The number of aryl methyl sites for hydroxylation is 1. The van der Waals surface area contributed by atoms with Gasteiger partial charge in [-0.1, -0.05) is 13.3 Å². The van der Waals surface area contributed by atoms with E-state index in [-0.39, 0.29) is 5.56 Å². The molecule has 0 saturated heterocycles. The van der Waals surface area contributed by atoms with Gasteiger partial charge < -0.3 is 15.6 Å². The maximum atomic E-state index is 12.0. The summed E-state index contributed by atoms with van der Waals surface area (Å²) in [6, 6.07) is 7.84. The van der Waals surface area contributed by atoms with Gasteiger partial charge in [0.15, 0.2) is 0 Å². The highest BCUT2D eigenvalue weighted by molar-refractivity contribution is 5.93. The average molecular weight is 257 g/mol. The SMILES string of the molecule is CC[C@@H]1C[C@H]1Nc1cc(=O)n(C)c2ccc(N)cc12. The zero-order valence-corrected chi connectivity index (χ0v) is 11.3. The van der Waals surface area contributed by atoms with E-state index >= 15 is 0 Å². The van der Waals surface area contributed by atoms with Crippen LogP contribution < -0.4 is 16.6 Å². The molecule has 0 amide bonds. The summed E-state index contributed by atoms with van der Waals surface area (Å²) in [5.41, 5.74) is 8.42. The third-order valence-electron chi connectivity index (χ3n) is 4.06. The van der Waals surface area contributed by atoms with Crippen LogP contribution in [0, 0.1) is 5.92 Å². The fourth-order valence-electron chi connectivity index (χ4n) is 2.67. The van der Waals surface area contributed by atoms with Crippen molar-refractivity contribution >= 4 is 22.3 Å². The van der Waals surface area contributed by atoms with Crippen LogP contribution in [0.1, 0.15) is 19.8 Å². The normalized spacial score (nSPS) is 21.6. The summed E-state index contributed by atoms with van der Waals surface area (Å²) in [5.74, 6) is 0.736. The molecular weight excluding hydrogens is 238 g/mol. The van der Waals surface area contributed by atoms with Gasteiger partial charge in [0.25, 0.3) is 5.56 Å². The van der Waals surface area contributed by atoms with Crippen molar-refractivity contribution in [2.45, 2.75) is 25.8 Å². The Morgan fingerprint density at radius 2 is 2.21 bits per heavy atom. The number of rotatable bonds is 3. The number of nitrogen functional groups attached to an aromatic ring is 1. The molecule has 0 spiro atoms. The molecule has 0 aliphatic heterocycles. The highest BCUT2D eigenvalue weighted by Gasteiger charge is 2.35. The lowest BCUT2D eigenvalue weighted by Crippen LogP contribution is -2.18. The van der Waals surface area contributed by atoms with E-state index in [1.807, 2.05) is 18.2 Å². The molecule has 4 heteroatoms. The minimum Gasteiger partial charge on any atom is -0.399 e. The van der Waals surface area contributed by atoms with Gasteiger partial charge in [-0.05, 0) is 30.5 Å². The second-order valence-corrected chi connectivity index (χ2v) is 5.39. The lowest BCUT2D eigenvalue weighted by molar-refractivity contribution is 0.775. The molecule has 1 heterocycles. The molecule has 1 fully saturated rings. The Kier molecular flexibility index (Phi) is 2.73. The monoisotopic (exact) mass is 257 g/mol. The average Bonchev–Trinajstić information content (AvgIpc) is 3.14. The van der Waals surface area contributed by atoms with Gasteiger partial charge >= 0.3 is 0 Å². The smallest absolute Gasteiger partial charge is 0.252 e. The number of nitrogens with two attached hydrogens (primary N) is 1. The number of nitrogens with zero attached hydrogens (tertiary/aromatic N) is 1. The molecule has 0 radical (unpaired) electrons. The van der Waals surface area contributed by atoms with Gasteiger partial charge in [-0.25, -0.2) is 0 Å². The van der Waals surface area contributed by atoms with E-state index < -0.39 is 0 Å². The first-order chi connectivity index (χ1) is 9.10. The molecule has 1 aliphatic rings. The predicted molar refractivity (Wildman–Crippen MR) is 79.4 cm³/mol. The molecule has 2 atom stereocenters. The maximum Gasteiger partial charge on any atom is 0.252 e. The Hall–Kier alpha value is -1.97. The zero-order chi connectivity index (χ0) is 13.6. The van der Waals surface area contributed by atoms with Gasteiger partial charge in [0.05, 0.1) is 5.52 Å². The fourth-order valence-corrected chi connectivity index (χ4v) is 2.67. The van der Waals surface area contributed by atoms with Crippen molar-refractivity contribution in [3.05, 3.63) is 34.6 Å². The van der Waals surface area contributed by atoms with E-state index in [2.05, 4.69) is 12.2 Å². The number of pyridine rings is 1. The van der Waals surface area contributed by atoms with E-state index in [4.69, 9.17) is 5.73 Å². The second-order valence-electron chi connectivity index (χ2n) is 5.39. The summed E-state index contributed by atoms with van der Waals surface area (Å²) in [7, 11) is 1.79. The van der Waals surface area contributed by atoms with Gasteiger partial charge in [-0.3, -0.25) is 4.79 Å². The number of benzene rings is 1. The van der Waals surface area contributed by atoms with Crippen molar-refractivity contribution in [2.24, 2.45) is 13.0 Å². The number of nitrogens with one attached hydrogen (secondary N) is 1. The second kappa shape index (κ2) is 4.30. The van der Waals surface area contributed by atoms with Crippen LogP contribution in [0.3, 0.4) is 0 Å². The van der Waals surface area contributed by atoms with Crippen LogP contribution in [0.5, 0.6) is 0 Å². The van der Waals surface area contributed by atoms with Crippen molar-refractivity contribution in [2.75, 3.05) is 11.1 Å². The highest BCUT2D eigenvalue weighted by Crippen LogP contribution is 2.37. The molecular formula is C15H19N3O. The van der Waals surface area contributed by atoms with Gasteiger partial charge in [-0.15, -0.1) is 0 Å². The third kappa shape index (κ3) is 2.07. The standard InChI is InChI=1S/C15H19N3O/c1-3-9-6-12(9)17-13-8-15(19)18(2)14-5-4-10(16)7-11(13)14/h4-5,7-9,12,17H,3,6,16H2,1-2H3/t9-,12-/m1/s1. The first-order valence-electron chi connectivity index (χ1n) is 6.76. The summed E-state index contributed by atoms with van der Waals surface area (Å²) in [6.45, 7) is 2.20. The van der Waals surface area contributed by atoms with Crippen LogP contribution in [0.15, 0.2) is 29.1 Å². The topological polar surface area (TPSA) is 60.0 Å². The van der Waals surface area contributed by atoms with Crippen LogP contribution in [0.25, 0.3) is 10.9 Å². The molecule has 1 saturated carbocycles. The maximum absolute atomic E-state index is 12.0. The fraction of sp³-hybridized carbons (Fsp3) is 0.400. The van der Waals surface area contributed by atoms with Gasteiger partial charge in [0.2, 0.25) is 0 Å². The minimum absolute atomic E-state index is 0.00784. The first kappa shape index (κ1) is 12.1. The third-order valence-corrected chi connectivity index (χ3v) is 4.06. The molecule has 19 heavy (non-hydrogen) atoms. The Morgan fingerprint density at radius 1 is 1.42 bits per heavy atom. The molecule has 4 nitrogen and oxygen atoms in total. The summed E-state index contributed by atoms with van der Waals surface area (Å²) >= 11 is 0. The van der Waals surface area contributed by atoms with Crippen molar-refractivity contribution < 1.29 is 0 Å². The van der Waals surface area contributed by atoms with E-state index in [0.29, 0.717) is 6.04 Å². The van der Waals surface area contributed by atoms with Crippen molar-refractivity contribution in [3.63, 3.8) is 0 Å². The number of hydrogen-bond donors (Lipinski definition) is 2. The van der Waals surface area contributed by atoms with Crippen LogP contribution in [0.2, 0.25) is 0 Å². The molecule has 1 aromatic carbocycles. The number of hydrogen-bond acceptors (Lipinski definition) is 3. The molecule has 2 aromatic rings. The van der Waals surface area contributed by atoms with Crippen LogP contribution in [-0.2, 0) is 7.05 Å². The molecule has 0 unspecified atom stereocenters. The number of anilines is 2. The Morgan fingerprint density at radius 3 is 2.89 bits per heavy atom. The Balaban J connectivity index is 2.10. The van der Waals surface area contributed by atoms with E-state index in [1.54, 1.807) is 17.7 Å². The molecule has 3 rings (SSSR count). The van der Waals surface area contributed by atoms with Crippen molar-refractivity contribution in [1.82, 2.24) is 4.57 Å². The van der Waals surface area contributed by atoms with Crippen LogP contribution in [0.4, 0.5) is 11.4 Å². The largest absolute Gasteiger partial charge is 0.399 e.